The fraction of sp³-hybridized carbons (Fsp3) is 0.350. The molecule has 0 fully saturated rings. The quantitative estimate of drug-likeness (QED) is 0.751. The lowest BCUT2D eigenvalue weighted by Crippen LogP contribution is -2.36. The van der Waals surface area contributed by atoms with E-state index in [2.05, 4.69) is 5.32 Å². The number of hydrogen-bond acceptors (Lipinski definition) is 4. The van der Waals surface area contributed by atoms with Crippen LogP contribution in [0.25, 0.3) is 0 Å². The van der Waals surface area contributed by atoms with Gasteiger partial charge in [0.15, 0.2) is 0 Å². The fourth-order valence-electron chi connectivity index (χ4n) is 2.55. The third-order valence-corrected chi connectivity index (χ3v) is 4.94. The van der Waals surface area contributed by atoms with Crippen molar-refractivity contribution in [2.75, 3.05) is 18.1 Å². The first kappa shape index (κ1) is 20.9. The van der Waals surface area contributed by atoms with Gasteiger partial charge in [-0.3, -0.25) is 4.79 Å². The molecule has 1 N–H and O–H groups in total. The molecule has 0 atom stereocenters. The molecule has 0 radical (unpaired) electrons. The zero-order valence-corrected chi connectivity index (χ0v) is 16.9. The Morgan fingerprint density at radius 3 is 2.37 bits per heavy atom. The maximum Gasteiger partial charge on any atom is 0.239 e. The van der Waals surface area contributed by atoms with E-state index in [1.54, 1.807) is 24.3 Å². The minimum absolute atomic E-state index is 0.0652. The van der Waals surface area contributed by atoms with Crippen molar-refractivity contribution in [3.05, 3.63) is 59.7 Å². The Bertz CT molecular complexity index is 877. The smallest absolute Gasteiger partial charge is 0.239 e. The van der Waals surface area contributed by atoms with Crippen LogP contribution in [0.15, 0.2) is 48.5 Å². The maximum atomic E-state index is 12.3. The molecule has 0 aromatic heterocycles. The summed E-state index contributed by atoms with van der Waals surface area (Å²) in [6.07, 6.45) is 1.17. The second kappa shape index (κ2) is 9.01. The van der Waals surface area contributed by atoms with E-state index < -0.39 is 15.9 Å². The van der Waals surface area contributed by atoms with Gasteiger partial charge in [-0.25, -0.2) is 8.42 Å². The molecule has 2 aromatic rings. The third-order valence-electron chi connectivity index (χ3n) is 3.74. The summed E-state index contributed by atoms with van der Waals surface area (Å²) in [5, 5.41) is 2.72. The molecule has 0 spiro atoms. The molecule has 2 rings (SSSR count). The maximum absolute atomic E-state index is 12.3. The Balaban J connectivity index is 2.03. The van der Waals surface area contributed by atoms with E-state index in [4.69, 9.17) is 4.74 Å². The monoisotopic (exact) mass is 390 g/mol. The van der Waals surface area contributed by atoms with Gasteiger partial charge in [-0.1, -0.05) is 29.8 Å². The summed E-state index contributed by atoms with van der Waals surface area (Å²) in [5.41, 5.74) is 2.46. The fourth-order valence-corrected chi connectivity index (χ4v) is 3.29. The summed E-state index contributed by atoms with van der Waals surface area (Å²) in [5.74, 6) is 0.311. The molecule has 0 aliphatic rings. The molecular weight excluding hydrogens is 364 g/mol. The zero-order chi connectivity index (χ0) is 20.0. The van der Waals surface area contributed by atoms with E-state index in [1.807, 2.05) is 45.0 Å². The zero-order valence-electron chi connectivity index (χ0n) is 16.1. The highest BCUT2D eigenvalue weighted by Crippen LogP contribution is 2.17. The first-order valence-electron chi connectivity index (χ1n) is 8.71. The number of carbonyl (C=O) groups is 1. The SMILES string of the molecule is Cc1cccc(CN(CC(=O)Nc2ccc(OC(C)C)cc2)S(C)(=O)=O)c1. The van der Waals surface area contributed by atoms with Crippen LogP contribution in [0.3, 0.4) is 0 Å². The largest absolute Gasteiger partial charge is 0.491 e. The highest BCUT2D eigenvalue weighted by atomic mass is 32.2. The van der Waals surface area contributed by atoms with E-state index in [0.717, 1.165) is 21.7 Å². The number of nitrogens with one attached hydrogen (secondary N) is 1. The molecule has 0 saturated heterocycles. The van der Waals surface area contributed by atoms with Crippen molar-refractivity contribution < 1.29 is 17.9 Å². The molecule has 0 aliphatic heterocycles. The van der Waals surface area contributed by atoms with Crippen LogP contribution in [0.4, 0.5) is 5.69 Å². The lowest BCUT2D eigenvalue weighted by Gasteiger charge is -2.20. The van der Waals surface area contributed by atoms with Crippen LogP contribution in [0.1, 0.15) is 25.0 Å². The van der Waals surface area contributed by atoms with Crippen molar-refractivity contribution >= 4 is 21.6 Å². The van der Waals surface area contributed by atoms with E-state index in [1.165, 1.54) is 0 Å². The van der Waals surface area contributed by atoms with Gasteiger partial charge in [0.2, 0.25) is 15.9 Å². The molecule has 146 valence electrons. The number of nitrogens with zero attached hydrogens (tertiary/aromatic N) is 1. The summed E-state index contributed by atoms with van der Waals surface area (Å²) in [7, 11) is -3.53. The molecule has 0 aliphatic carbocycles. The number of sulfonamides is 1. The Kier molecular flexibility index (Phi) is 6.98. The second-order valence-electron chi connectivity index (χ2n) is 6.76. The van der Waals surface area contributed by atoms with Gasteiger partial charge >= 0.3 is 0 Å². The minimum atomic E-state index is -3.53. The Morgan fingerprint density at radius 1 is 1.15 bits per heavy atom. The van der Waals surface area contributed by atoms with Crippen LogP contribution in [-0.2, 0) is 21.4 Å². The van der Waals surface area contributed by atoms with Gasteiger partial charge < -0.3 is 10.1 Å². The van der Waals surface area contributed by atoms with E-state index in [9.17, 15) is 13.2 Å². The standard InChI is InChI=1S/C20H26N2O4S/c1-15(2)26-19-10-8-18(9-11-19)21-20(23)14-22(27(4,24)25)13-17-7-5-6-16(3)12-17/h5-12,15H,13-14H2,1-4H3,(H,21,23). The third kappa shape index (κ3) is 7.03. The predicted octanol–water partition coefficient (Wildman–Crippen LogP) is 3.18. The summed E-state index contributed by atoms with van der Waals surface area (Å²) in [6.45, 7) is 5.70. The van der Waals surface area contributed by atoms with Crippen molar-refractivity contribution in [2.45, 2.75) is 33.4 Å². The van der Waals surface area contributed by atoms with Crippen LogP contribution >= 0.6 is 0 Å². The summed E-state index contributed by atoms with van der Waals surface area (Å²) in [4.78, 5) is 12.3. The van der Waals surface area contributed by atoms with Crippen molar-refractivity contribution in [2.24, 2.45) is 0 Å². The molecule has 6 nitrogen and oxygen atoms in total. The van der Waals surface area contributed by atoms with Crippen molar-refractivity contribution in [1.82, 2.24) is 4.31 Å². The molecule has 1 amide bonds. The number of anilines is 1. The molecule has 0 heterocycles. The van der Waals surface area contributed by atoms with Gasteiger partial charge in [0.1, 0.15) is 5.75 Å². The number of carbonyl (C=O) groups excluding carboxylic acids is 1. The second-order valence-corrected chi connectivity index (χ2v) is 8.74. The van der Waals surface area contributed by atoms with Gasteiger partial charge in [0.25, 0.3) is 0 Å². The average molecular weight is 391 g/mol. The molecular formula is C20H26N2O4S. The van der Waals surface area contributed by atoms with E-state index >= 15 is 0 Å². The Morgan fingerprint density at radius 2 is 1.81 bits per heavy atom. The number of benzene rings is 2. The summed E-state index contributed by atoms with van der Waals surface area (Å²) < 4.78 is 30.9. The molecule has 2 aromatic carbocycles. The molecule has 7 heteroatoms. The number of rotatable bonds is 8. The van der Waals surface area contributed by atoms with Crippen LogP contribution in [0.5, 0.6) is 5.75 Å². The summed E-state index contributed by atoms with van der Waals surface area (Å²) >= 11 is 0. The average Bonchev–Trinajstić information content (AvgIpc) is 2.55. The Hall–Kier alpha value is -2.38. The number of amides is 1. The molecule has 0 bridgehead atoms. The van der Waals surface area contributed by atoms with Gasteiger partial charge in [-0.2, -0.15) is 4.31 Å². The van der Waals surface area contributed by atoms with Gasteiger partial charge in [0.05, 0.1) is 18.9 Å². The first-order valence-corrected chi connectivity index (χ1v) is 10.6. The Labute approximate surface area is 161 Å². The number of aryl methyl sites for hydroxylation is 1. The molecule has 0 saturated carbocycles. The lowest BCUT2D eigenvalue weighted by molar-refractivity contribution is -0.116. The van der Waals surface area contributed by atoms with Crippen LogP contribution in [-0.4, -0.2) is 37.5 Å². The number of hydrogen-bond donors (Lipinski definition) is 1. The molecule has 0 unspecified atom stereocenters. The van der Waals surface area contributed by atoms with Gasteiger partial charge in [-0.15, -0.1) is 0 Å². The van der Waals surface area contributed by atoms with Crippen molar-refractivity contribution in [1.29, 1.82) is 0 Å². The van der Waals surface area contributed by atoms with E-state index in [0.29, 0.717) is 11.4 Å². The first-order chi connectivity index (χ1) is 12.6. The summed E-state index contributed by atoms with van der Waals surface area (Å²) in [6, 6.07) is 14.5. The molecule has 27 heavy (non-hydrogen) atoms. The van der Waals surface area contributed by atoms with Crippen LogP contribution in [0.2, 0.25) is 0 Å². The predicted molar refractivity (Wildman–Crippen MR) is 107 cm³/mol. The van der Waals surface area contributed by atoms with Crippen molar-refractivity contribution in [3.63, 3.8) is 0 Å². The highest BCUT2D eigenvalue weighted by molar-refractivity contribution is 7.88. The number of ether oxygens (including phenoxy) is 1. The lowest BCUT2D eigenvalue weighted by atomic mass is 10.1. The normalized spacial score (nSPS) is 11.6. The van der Waals surface area contributed by atoms with E-state index in [-0.39, 0.29) is 19.2 Å². The van der Waals surface area contributed by atoms with Crippen LogP contribution < -0.4 is 10.1 Å². The minimum Gasteiger partial charge on any atom is -0.491 e. The van der Waals surface area contributed by atoms with Crippen molar-refractivity contribution in [3.8, 4) is 5.75 Å². The van der Waals surface area contributed by atoms with Gasteiger partial charge in [-0.05, 0) is 50.6 Å². The van der Waals surface area contributed by atoms with Gasteiger partial charge in [0, 0.05) is 12.2 Å². The topological polar surface area (TPSA) is 75.7 Å². The van der Waals surface area contributed by atoms with Crippen LogP contribution in [0, 0.1) is 6.92 Å². The highest BCUT2D eigenvalue weighted by Gasteiger charge is 2.20.